The van der Waals surface area contributed by atoms with Gasteiger partial charge < -0.3 is 12.4 Å². The first kappa shape index (κ1) is 31.2. The summed E-state index contributed by atoms with van der Waals surface area (Å²) in [6.45, 7) is 13.7. The lowest BCUT2D eigenvalue weighted by atomic mass is 10.1. The molecule has 4 heteroatoms. The van der Waals surface area contributed by atoms with Gasteiger partial charge in [0.15, 0.2) is 0 Å². The van der Waals surface area contributed by atoms with Crippen LogP contribution in [0.15, 0.2) is 0 Å². The highest BCUT2D eigenvalue weighted by molar-refractivity contribution is 6.63. The Balaban J connectivity index is 0. The van der Waals surface area contributed by atoms with E-state index in [0.717, 1.165) is 31.5 Å². The highest BCUT2D eigenvalue weighted by Gasteiger charge is 2.20. The largest absolute Gasteiger partial charge is 1.00 e. The van der Waals surface area contributed by atoms with Crippen LogP contribution in [0.4, 0.5) is 0 Å². The average molecular weight is 452 g/mol. The van der Waals surface area contributed by atoms with E-state index >= 15 is 0 Å². The Kier molecular flexibility index (Phi) is 26.2. The molecule has 0 heterocycles. The summed E-state index contributed by atoms with van der Waals surface area (Å²) in [5, 5.41) is 1.04. The van der Waals surface area contributed by atoms with E-state index in [1.807, 2.05) is 0 Å². The van der Waals surface area contributed by atoms with Gasteiger partial charge in [0, 0.05) is 11.6 Å². The molecule has 0 aromatic heterocycles. The van der Waals surface area contributed by atoms with Crippen molar-refractivity contribution in [2.45, 2.75) is 130 Å². The normalized spacial score (nSPS) is 10.7. The molecular formula is C25H52Cl2N2. The molecule has 0 fully saturated rings. The summed E-state index contributed by atoms with van der Waals surface area (Å²) in [7, 11) is 0. The van der Waals surface area contributed by atoms with Crippen LogP contribution in [0.5, 0.6) is 0 Å². The van der Waals surface area contributed by atoms with Crippen LogP contribution >= 0.6 is 11.6 Å². The van der Waals surface area contributed by atoms with Gasteiger partial charge in [-0.05, 0) is 51.4 Å². The molecule has 0 aromatic carbocycles. The third-order valence-electron chi connectivity index (χ3n) is 5.65. The number of halogens is 2. The SMILES string of the molecule is CCCCCCN(CCCCCC)C(Cl)=[N+](CCCCCC)CCCCCC.[Cl-]. The van der Waals surface area contributed by atoms with Crippen molar-refractivity contribution in [1.82, 2.24) is 4.90 Å². The summed E-state index contributed by atoms with van der Waals surface area (Å²) in [4.78, 5) is 2.51. The lowest BCUT2D eigenvalue weighted by Crippen LogP contribution is -3.00. The predicted molar refractivity (Wildman–Crippen MR) is 129 cm³/mol. The first-order chi connectivity index (χ1) is 13.7. The van der Waals surface area contributed by atoms with Gasteiger partial charge in [-0.3, -0.25) is 9.48 Å². The molecule has 176 valence electrons. The minimum Gasteiger partial charge on any atom is -1.00 e. The number of unbranched alkanes of at least 4 members (excludes halogenated alkanes) is 12. The van der Waals surface area contributed by atoms with Crippen molar-refractivity contribution in [2.75, 3.05) is 26.2 Å². The predicted octanol–water partition coefficient (Wildman–Crippen LogP) is 5.22. The second-order valence-electron chi connectivity index (χ2n) is 8.49. The van der Waals surface area contributed by atoms with E-state index in [4.69, 9.17) is 11.6 Å². The smallest absolute Gasteiger partial charge is 0.345 e. The quantitative estimate of drug-likeness (QED) is 0.0809. The third kappa shape index (κ3) is 18.5. The van der Waals surface area contributed by atoms with E-state index in [-0.39, 0.29) is 12.4 Å². The molecule has 0 aliphatic rings. The standard InChI is InChI=1S/C25H52ClN2.ClH/c1-5-9-13-17-21-27(22-18-14-10-6-2)25(26)28(23-19-15-11-7-3)24-20-16-12-8-4;/h5-24H2,1-4H3;1H/q+1;/p-1. The summed E-state index contributed by atoms with van der Waals surface area (Å²) in [6, 6.07) is 0. The van der Waals surface area contributed by atoms with Crippen molar-refractivity contribution < 1.29 is 17.0 Å². The zero-order chi connectivity index (χ0) is 20.9. The number of amidine groups is 1. The second-order valence-corrected chi connectivity index (χ2v) is 8.82. The fourth-order valence-corrected chi connectivity index (χ4v) is 4.05. The zero-order valence-corrected chi connectivity index (χ0v) is 21.8. The van der Waals surface area contributed by atoms with E-state index < -0.39 is 0 Å². The molecular weight excluding hydrogens is 399 g/mol. The first-order valence-electron chi connectivity index (χ1n) is 12.7. The fourth-order valence-electron chi connectivity index (χ4n) is 3.71. The Bertz CT molecular complexity index is 333. The molecule has 0 aliphatic heterocycles. The van der Waals surface area contributed by atoms with Crippen LogP contribution < -0.4 is 12.4 Å². The highest BCUT2D eigenvalue weighted by Crippen LogP contribution is 2.10. The summed E-state index contributed by atoms with van der Waals surface area (Å²) < 4.78 is 2.51. The van der Waals surface area contributed by atoms with Crippen molar-refractivity contribution in [3.8, 4) is 0 Å². The van der Waals surface area contributed by atoms with Gasteiger partial charge in [0.2, 0.25) is 0 Å². The number of hydrogen-bond donors (Lipinski definition) is 0. The van der Waals surface area contributed by atoms with Crippen LogP contribution in [-0.2, 0) is 0 Å². The van der Waals surface area contributed by atoms with E-state index in [1.165, 1.54) is 103 Å². The summed E-state index contributed by atoms with van der Waals surface area (Å²) in [6.07, 6.45) is 21.0. The van der Waals surface area contributed by atoms with Crippen molar-refractivity contribution >= 4 is 16.9 Å². The van der Waals surface area contributed by atoms with Gasteiger partial charge in [-0.2, -0.15) is 0 Å². The molecule has 0 N–H and O–H groups in total. The Hall–Kier alpha value is 0.0500. The molecule has 0 rings (SSSR count). The van der Waals surface area contributed by atoms with E-state index in [0.29, 0.717) is 0 Å². The minimum absolute atomic E-state index is 0. The van der Waals surface area contributed by atoms with E-state index in [2.05, 4.69) is 37.2 Å². The maximum Gasteiger partial charge on any atom is 0.345 e. The van der Waals surface area contributed by atoms with E-state index in [1.54, 1.807) is 0 Å². The maximum atomic E-state index is 7.03. The van der Waals surface area contributed by atoms with Crippen LogP contribution in [0.25, 0.3) is 0 Å². The Labute approximate surface area is 195 Å². The van der Waals surface area contributed by atoms with Gasteiger partial charge >= 0.3 is 5.29 Å². The molecule has 0 unspecified atom stereocenters. The van der Waals surface area contributed by atoms with Gasteiger partial charge in [0.25, 0.3) is 0 Å². The summed E-state index contributed by atoms with van der Waals surface area (Å²) >= 11 is 7.03. The summed E-state index contributed by atoms with van der Waals surface area (Å²) in [5.41, 5.74) is 0. The minimum atomic E-state index is 0. The maximum absolute atomic E-state index is 7.03. The van der Waals surface area contributed by atoms with Crippen molar-refractivity contribution in [3.63, 3.8) is 0 Å². The van der Waals surface area contributed by atoms with Crippen LogP contribution in [-0.4, -0.2) is 40.9 Å². The van der Waals surface area contributed by atoms with Gasteiger partial charge in [0.1, 0.15) is 0 Å². The Morgan fingerprint density at radius 1 is 0.552 bits per heavy atom. The number of nitrogens with zero attached hydrogens (tertiary/aromatic N) is 2. The van der Waals surface area contributed by atoms with E-state index in [9.17, 15) is 0 Å². The van der Waals surface area contributed by atoms with Crippen LogP contribution in [0.1, 0.15) is 130 Å². The molecule has 0 saturated heterocycles. The first-order valence-corrected chi connectivity index (χ1v) is 13.1. The topological polar surface area (TPSA) is 6.25 Å². The Morgan fingerprint density at radius 3 is 1.24 bits per heavy atom. The summed E-state index contributed by atoms with van der Waals surface area (Å²) in [5.74, 6) is 0. The third-order valence-corrected chi connectivity index (χ3v) is 6.13. The monoisotopic (exact) mass is 450 g/mol. The van der Waals surface area contributed by atoms with Crippen molar-refractivity contribution in [2.24, 2.45) is 0 Å². The number of hydrogen-bond acceptors (Lipinski definition) is 0. The fraction of sp³-hybridized carbons (Fsp3) is 0.960. The number of rotatable bonds is 20. The molecule has 0 aromatic rings. The zero-order valence-electron chi connectivity index (χ0n) is 20.3. The average Bonchev–Trinajstić information content (AvgIpc) is 2.71. The Morgan fingerprint density at radius 2 is 0.897 bits per heavy atom. The molecule has 0 amide bonds. The molecule has 29 heavy (non-hydrogen) atoms. The molecule has 0 spiro atoms. The second kappa shape index (κ2) is 24.3. The molecule has 0 saturated carbocycles. The highest BCUT2D eigenvalue weighted by atomic mass is 35.5. The molecule has 2 nitrogen and oxygen atoms in total. The van der Waals surface area contributed by atoms with Crippen molar-refractivity contribution in [3.05, 3.63) is 0 Å². The molecule has 0 bridgehead atoms. The molecule has 0 radical (unpaired) electrons. The van der Waals surface area contributed by atoms with Gasteiger partial charge in [0.05, 0.1) is 26.2 Å². The van der Waals surface area contributed by atoms with Crippen molar-refractivity contribution in [1.29, 1.82) is 0 Å². The van der Waals surface area contributed by atoms with Gasteiger partial charge in [-0.15, -0.1) is 0 Å². The van der Waals surface area contributed by atoms with Crippen LogP contribution in [0.3, 0.4) is 0 Å². The lowest BCUT2D eigenvalue weighted by Gasteiger charge is -2.20. The molecule has 0 atom stereocenters. The van der Waals surface area contributed by atoms with Crippen LogP contribution in [0.2, 0.25) is 0 Å². The molecule has 0 aliphatic carbocycles. The van der Waals surface area contributed by atoms with Gasteiger partial charge in [-0.1, -0.05) is 79.1 Å². The lowest BCUT2D eigenvalue weighted by molar-refractivity contribution is -0.531. The van der Waals surface area contributed by atoms with Crippen LogP contribution in [0, 0.1) is 0 Å². The van der Waals surface area contributed by atoms with Gasteiger partial charge in [-0.25, -0.2) is 0 Å².